The zero-order chi connectivity index (χ0) is 16.4. The first-order valence-electron chi connectivity index (χ1n) is 7.84. The van der Waals surface area contributed by atoms with E-state index in [9.17, 15) is 9.59 Å². The molecular formula is C17H22N4O2. The van der Waals surface area contributed by atoms with E-state index in [0.29, 0.717) is 5.69 Å². The summed E-state index contributed by atoms with van der Waals surface area (Å²) < 4.78 is 2.64. The predicted octanol–water partition coefficient (Wildman–Crippen LogP) is 0.406. The van der Waals surface area contributed by atoms with Gasteiger partial charge in [-0.1, -0.05) is 30.3 Å². The molecule has 0 N–H and O–H groups in total. The zero-order valence-electron chi connectivity index (χ0n) is 13.6. The van der Waals surface area contributed by atoms with Crippen molar-refractivity contribution in [3.63, 3.8) is 0 Å². The van der Waals surface area contributed by atoms with Gasteiger partial charge < -0.3 is 9.47 Å². The van der Waals surface area contributed by atoms with Gasteiger partial charge in [0.1, 0.15) is 5.69 Å². The van der Waals surface area contributed by atoms with Crippen molar-refractivity contribution in [3.05, 3.63) is 62.9 Å². The first-order chi connectivity index (χ1) is 11.1. The Kier molecular flexibility index (Phi) is 4.34. The number of rotatable bonds is 3. The summed E-state index contributed by atoms with van der Waals surface area (Å²) in [5.74, 6) is 0. The fourth-order valence-electron chi connectivity index (χ4n) is 2.99. The number of aromatic nitrogens is 2. The van der Waals surface area contributed by atoms with Crippen molar-refractivity contribution in [2.24, 2.45) is 14.1 Å². The second-order valence-electron chi connectivity index (χ2n) is 6.02. The largest absolute Gasteiger partial charge is 0.363 e. The van der Waals surface area contributed by atoms with Gasteiger partial charge >= 0.3 is 5.69 Å². The SMILES string of the molecule is Cn1cc(N2CCN(Cc3ccccc3)CC2)c(=O)n(C)c1=O. The van der Waals surface area contributed by atoms with Crippen LogP contribution in [-0.4, -0.2) is 40.2 Å². The molecule has 0 bridgehead atoms. The number of anilines is 1. The van der Waals surface area contributed by atoms with Crippen molar-refractivity contribution in [2.75, 3.05) is 31.1 Å². The molecule has 1 saturated heterocycles. The van der Waals surface area contributed by atoms with Gasteiger partial charge in [-0.2, -0.15) is 0 Å². The van der Waals surface area contributed by atoms with E-state index in [1.807, 2.05) is 6.07 Å². The summed E-state index contributed by atoms with van der Waals surface area (Å²) in [6, 6.07) is 10.4. The van der Waals surface area contributed by atoms with Gasteiger partial charge in [0.2, 0.25) is 0 Å². The highest BCUT2D eigenvalue weighted by atomic mass is 16.2. The number of benzene rings is 1. The number of piperazine rings is 1. The average Bonchev–Trinajstić information content (AvgIpc) is 2.58. The molecule has 0 amide bonds. The van der Waals surface area contributed by atoms with E-state index in [-0.39, 0.29) is 11.2 Å². The fraction of sp³-hybridized carbons (Fsp3) is 0.412. The summed E-state index contributed by atoms with van der Waals surface area (Å²) in [4.78, 5) is 28.5. The highest BCUT2D eigenvalue weighted by Crippen LogP contribution is 2.12. The van der Waals surface area contributed by atoms with E-state index in [1.54, 1.807) is 13.2 Å². The third-order valence-corrected chi connectivity index (χ3v) is 4.39. The van der Waals surface area contributed by atoms with Crippen LogP contribution in [0.4, 0.5) is 5.69 Å². The molecule has 1 aliphatic heterocycles. The van der Waals surface area contributed by atoms with Crippen molar-refractivity contribution in [2.45, 2.75) is 6.54 Å². The minimum atomic E-state index is -0.290. The van der Waals surface area contributed by atoms with Gasteiger partial charge in [0.15, 0.2) is 0 Å². The summed E-state index contributed by atoms with van der Waals surface area (Å²) in [5, 5.41) is 0. The van der Waals surface area contributed by atoms with E-state index in [2.05, 4.69) is 34.1 Å². The molecule has 0 atom stereocenters. The van der Waals surface area contributed by atoms with Gasteiger partial charge in [-0.25, -0.2) is 4.79 Å². The minimum Gasteiger partial charge on any atom is -0.363 e. The van der Waals surface area contributed by atoms with Crippen LogP contribution < -0.4 is 16.1 Å². The first kappa shape index (κ1) is 15.6. The maximum Gasteiger partial charge on any atom is 0.330 e. The highest BCUT2D eigenvalue weighted by molar-refractivity contribution is 5.42. The number of nitrogens with zero attached hydrogens (tertiary/aromatic N) is 4. The lowest BCUT2D eigenvalue weighted by Crippen LogP contribution is -2.49. The van der Waals surface area contributed by atoms with Crippen LogP contribution in [-0.2, 0) is 20.6 Å². The molecule has 0 radical (unpaired) electrons. The van der Waals surface area contributed by atoms with Gasteiger partial charge in [-0.3, -0.25) is 14.3 Å². The second kappa shape index (κ2) is 6.42. The molecule has 2 aromatic rings. The molecule has 6 nitrogen and oxygen atoms in total. The van der Waals surface area contributed by atoms with Crippen molar-refractivity contribution in [1.82, 2.24) is 14.0 Å². The van der Waals surface area contributed by atoms with Gasteiger partial charge in [0, 0.05) is 53.0 Å². The predicted molar refractivity (Wildman–Crippen MR) is 90.9 cm³/mol. The summed E-state index contributed by atoms with van der Waals surface area (Å²) in [5.41, 5.74) is 1.40. The topological polar surface area (TPSA) is 50.5 Å². The number of hydrogen-bond donors (Lipinski definition) is 0. The van der Waals surface area contributed by atoms with Crippen LogP contribution >= 0.6 is 0 Å². The third-order valence-electron chi connectivity index (χ3n) is 4.39. The Bertz CT molecular complexity index is 786. The molecule has 1 fully saturated rings. The van der Waals surface area contributed by atoms with Crippen LogP contribution in [0.15, 0.2) is 46.1 Å². The molecule has 2 heterocycles. The molecule has 122 valence electrons. The normalized spacial score (nSPS) is 15.8. The van der Waals surface area contributed by atoms with E-state index in [0.717, 1.165) is 32.7 Å². The third kappa shape index (κ3) is 3.22. The van der Waals surface area contributed by atoms with Gasteiger partial charge in [0.25, 0.3) is 5.56 Å². The molecule has 6 heteroatoms. The Morgan fingerprint density at radius 3 is 2.26 bits per heavy atom. The number of hydrogen-bond acceptors (Lipinski definition) is 4. The first-order valence-corrected chi connectivity index (χ1v) is 7.84. The van der Waals surface area contributed by atoms with Gasteiger partial charge in [-0.05, 0) is 5.56 Å². The quantitative estimate of drug-likeness (QED) is 0.823. The van der Waals surface area contributed by atoms with Crippen molar-refractivity contribution in [3.8, 4) is 0 Å². The Morgan fingerprint density at radius 2 is 1.61 bits per heavy atom. The Hall–Kier alpha value is -2.34. The van der Waals surface area contributed by atoms with Crippen LogP contribution in [0.1, 0.15) is 5.56 Å². The van der Waals surface area contributed by atoms with E-state index in [4.69, 9.17) is 0 Å². The Balaban J connectivity index is 1.70. The maximum absolute atomic E-state index is 12.3. The maximum atomic E-state index is 12.3. The fourth-order valence-corrected chi connectivity index (χ4v) is 2.99. The lowest BCUT2D eigenvalue weighted by atomic mass is 10.2. The van der Waals surface area contributed by atoms with E-state index < -0.39 is 0 Å². The van der Waals surface area contributed by atoms with Crippen LogP contribution in [0.3, 0.4) is 0 Å². The van der Waals surface area contributed by atoms with E-state index in [1.165, 1.54) is 21.7 Å². The van der Waals surface area contributed by atoms with Crippen LogP contribution in [0.25, 0.3) is 0 Å². The van der Waals surface area contributed by atoms with Crippen molar-refractivity contribution < 1.29 is 0 Å². The summed E-state index contributed by atoms with van der Waals surface area (Å²) in [6.45, 7) is 4.32. The molecule has 23 heavy (non-hydrogen) atoms. The smallest absolute Gasteiger partial charge is 0.330 e. The van der Waals surface area contributed by atoms with E-state index >= 15 is 0 Å². The minimum absolute atomic E-state index is 0.218. The lowest BCUT2D eigenvalue weighted by Gasteiger charge is -2.35. The molecule has 0 saturated carbocycles. The van der Waals surface area contributed by atoms with Crippen molar-refractivity contribution in [1.29, 1.82) is 0 Å². The zero-order valence-corrected chi connectivity index (χ0v) is 13.6. The molecule has 0 spiro atoms. The standard InChI is InChI=1S/C17H22N4O2/c1-18-13-15(16(22)19(2)17(18)23)21-10-8-20(9-11-21)12-14-6-4-3-5-7-14/h3-7,13H,8-12H2,1-2H3. The molecule has 0 aliphatic carbocycles. The monoisotopic (exact) mass is 314 g/mol. The van der Waals surface area contributed by atoms with Gasteiger partial charge in [0.05, 0.1) is 0 Å². The van der Waals surface area contributed by atoms with Crippen LogP contribution in [0.2, 0.25) is 0 Å². The summed E-state index contributed by atoms with van der Waals surface area (Å²) >= 11 is 0. The molecule has 3 rings (SSSR count). The summed E-state index contributed by atoms with van der Waals surface area (Å²) in [7, 11) is 3.21. The number of aryl methyl sites for hydroxylation is 1. The van der Waals surface area contributed by atoms with Crippen LogP contribution in [0.5, 0.6) is 0 Å². The average molecular weight is 314 g/mol. The lowest BCUT2D eigenvalue weighted by molar-refractivity contribution is 0.249. The molecular weight excluding hydrogens is 292 g/mol. The molecule has 1 aliphatic rings. The molecule has 1 aromatic carbocycles. The second-order valence-corrected chi connectivity index (χ2v) is 6.02. The summed E-state index contributed by atoms with van der Waals surface area (Å²) in [6.07, 6.45) is 1.65. The highest BCUT2D eigenvalue weighted by Gasteiger charge is 2.20. The van der Waals surface area contributed by atoms with Crippen molar-refractivity contribution >= 4 is 5.69 Å². The Labute approximate surface area is 135 Å². The molecule has 1 aromatic heterocycles. The van der Waals surface area contributed by atoms with Crippen LogP contribution in [0, 0.1) is 0 Å². The van der Waals surface area contributed by atoms with Gasteiger partial charge in [-0.15, -0.1) is 0 Å². The molecule has 0 unspecified atom stereocenters. The Morgan fingerprint density at radius 1 is 0.957 bits per heavy atom.